The monoisotopic (exact) mass is 276 g/mol. The van der Waals surface area contributed by atoms with Crippen LogP contribution in [0.4, 0.5) is 5.69 Å². The van der Waals surface area contributed by atoms with E-state index in [1.807, 2.05) is 0 Å². The van der Waals surface area contributed by atoms with Crippen molar-refractivity contribution in [2.75, 3.05) is 32.1 Å². The first kappa shape index (κ1) is 16.3. The molecule has 0 fully saturated rings. The SMILES string of the molecule is CCNC(=NCCc1ccc(N(C)C)cc1)NC(C)C. The van der Waals surface area contributed by atoms with Gasteiger partial charge in [0.05, 0.1) is 0 Å². The third-order valence-corrected chi connectivity index (χ3v) is 2.89. The maximum Gasteiger partial charge on any atom is 0.191 e. The summed E-state index contributed by atoms with van der Waals surface area (Å²) >= 11 is 0. The van der Waals surface area contributed by atoms with E-state index in [0.717, 1.165) is 25.5 Å². The lowest BCUT2D eigenvalue weighted by Crippen LogP contribution is -2.41. The second-order valence-electron chi connectivity index (χ2n) is 5.37. The maximum atomic E-state index is 4.59. The van der Waals surface area contributed by atoms with Gasteiger partial charge in [-0.2, -0.15) is 0 Å². The van der Waals surface area contributed by atoms with Crippen molar-refractivity contribution in [2.24, 2.45) is 4.99 Å². The number of guanidine groups is 1. The molecule has 0 radical (unpaired) electrons. The number of nitrogens with zero attached hydrogens (tertiary/aromatic N) is 2. The Hall–Kier alpha value is -1.71. The molecule has 2 N–H and O–H groups in total. The van der Waals surface area contributed by atoms with Crippen molar-refractivity contribution in [3.63, 3.8) is 0 Å². The molecule has 112 valence electrons. The summed E-state index contributed by atoms with van der Waals surface area (Å²) in [4.78, 5) is 6.70. The summed E-state index contributed by atoms with van der Waals surface area (Å²) in [5, 5.41) is 6.58. The lowest BCUT2D eigenvalue weighted by Gasteiger charge is -2.14. The molecule has 0 aromatic heterocycles. The van der Waals surface area contributed by atoms with Crippen molar-refractivity contribution in [1.82, 2.24) is 10.6 Å². The summed E-state index contributed by atoms with van der Waals surface area (Å²) < 4.78 is 0. The molecule has 0 amide bonds. The predicted octanol–water partition coefficient (Wildman–Crippen LogP) is 2.26. The molecule has 4 heteroatoms. The Morgan fingerprint density at radius 2 is 1.85 bits per heavy atom. The molecule has 1 rings (SSSR count). The van der Waals surface area contributed by atoms with Gasteiger partial charge in [0.15, 0.2) is 5.96 Å². The molecule has 0 saturated carbocycles. The van der Waals surface area contributed by atoms with Crippen molar-refractivity contribution >= 4 is 11.6 Å². The second kappa shape index (κ2) is 8.46. The standard InChI is InChI=1S/C16H28N4/c1-6-17-16(19-13(2)3)18-12-11-14-7-9-15(10-8-14)20(4)5/h7-10,13H,6,11-12H2,1-5H3,(H2,17,18,19). The predicted molar refractivity (Wildman–Crippen MR) is 88.7 cm³/mol. The molecule has 0 aliphatic heterocycles. The number of benzene rings is 1. The molecule has 0 aliphatic carbocycles. The first-order valence-corrected chi connectivity index (χ1v) is 7.34. The van der Waals surface area contributed by atoms with Crippen LogP contribution in [-0.4, -0.2) is 39.2 Å². The molecule has 4 nitrogen and oxygen atoms in total. The van der Waals surface area contributed by atoms with Gasteiger partial charge < -0.3 is 15.5 Å². The zero-order valence-corrected chi connectivity index (χ0v) is 13.4. The van der Waals surface area contributed by atoms with Crippen LogP contribution < -0.4 is 15.5 Å². The van der Waals surface area contributed by atoms with Crippen LogP contribution in [0.2, 0.25) is 0 Å². The van der Waals surface area contributed by atoms with Crippen molar-refractivity contribution in [3.05, 3.63) is 29.8 Å². The van der Waals surface area contributed by atoms with Crippen molar-refractivity contribution in [1.29, 1.82) is 0 Å². The van der Waals surface area contributed by atoms with Crippen LogP contribution in [0.25, 0.3) is 0 Å². The quantitative estimate of drug-likeness (QED) is 0.618. The number of hydrogen-bond acceptors (Lipinski definition) is 2. The van der Waals surface area contributed by atoms with E-state index in [0.29, 0.717) is 6.04 Å². The van der Waals surface area contributed by atoms with E-state index >= 15 is 0 Å². The normalized spacial score (nSPS) is 11.6. The first-order valence-electron chi connectivity index (χ1n) is 7.34. The van der Waals surface area contributed by atoms with Crippen LogP contribution >= 0.6 is 0 Å². The molecule has 1 aromatic carbocycles. The van der Waals surface area contributed by atoms with Gasteiger partial charge in [0.2, 0.25) is 0 Å². The van der Waals surface area contributed by atoms with Crippen LogP contribution in [0.1, 0.15) is 26.3 Å². The minimum absolute atomic E-state index is 0.396. The zero-order chi connectivity index (χ0) is 15.0. The van der Waals surface area contributed by atoms with Crippen LogP contribution in [-0.2, 0) is 6.42 Å². The van der Waals surface area contributed by atoms with Crippen LogP contribution in [0.3, 0.4) is 0 Å². The Bertz CT molecular complexity index is 407. The molecule has 0 spiro atoms. The zero-order valence-electron chi connectivity index (χ0n) is 13.4. The summed E-state index contributed by atoms with van der Waals surface area (Å²) in [5.41, 5.74) is 2.55. The van der Waals surface area contributed by atoms with Gasteiger partial charge in [-0.1, -0.05) is 12.1 Å². The van der Waals surface area contributed by atoms with Crippen molar-refractivity contribution in [3.8, 4) is 0 Å². The Morgan fingerprint density at radius 3 is 2.35 bits per heavy atom. The average molecular weight is 276 g/mol. The third-order valence-electron chi connectivity index (χ3n) is 2.89. The fourth-order valence-corrected chi connectivity index (χ4v) is 1.85. The molecule has 20 heavy (non-hydrogen) atoms. The highest BCUT2D eigenvalue weighted by Gasteiger charge is 2.00. The largest absolute Gasteiger partial charge is 0.378 e. The third kappa shape index (κ3) is 5.95. The van der Waals surface area contributed by atoms with E-state index in [1.165, 1.54) is 11.3 Å². The highest BCUT2D eigenvalue weighted by Crippen LogP contribution is 2.12. The van der Waals surface area contributed by atoms with Gasteiger partial charge in [-0.15, -0.1) is 0 Å². The number of rotatable bonds is 6. The second-order valence-corrected chi connectivity index (χ2v) is 5.37. The lowest BCUT2D eigenvalue weighted by atomic mass is 10.1. The van der Waals surface area contributed by atoms with Gasteiger partial charge in [0.25, 0.3) is 0 Å². The summed E-state index contributed by atoms with van der Waals surface area (Å²) in [6.07, 6.45) is 0.961. The molecule has 0 bridgehead atoms. The maximum absolute atomic E-state index is 4.59. The molecule has 0 aliphatic rings. The summed E-state index contributed by atoms with van der Waals surface area (Å²) in [7, 11) is 4.11. The lowest BCUT2D eigenvalue weighted by molar-refractivity contribution is 0.700. The Kier molecular flexibility index (Phi) is 6.91. The number of aliphatic imine (C=N–C) groups is 1. The molecular formula is C16H28N4. The molecule has 0 unspecified atom stereocenters. The van der Waals surface area contributed by atoms with Gasteiger partial charge in [-0.3, -0.25) is 4.99 Å². The smallest absolute Gasteiger partial charge is 0.191 e. The topological polar surface area (TPSA) is 39.7 Å². The van der Waals surface area contributed by atoms with Crippen molar-refractivity contribution < 1.29 is 0 Å². The van der Waals surface area contributed by atoms with E-state index < -0.39 is 0 Å². The highest BCUT2D eigenvalue weighted by molar-refractivity contribution is 5.79. The molecule has 1 aromatic rings. The highest BCUT2D eigenvalue weighted by atomic mass is 15.2. The fraction of sp³-hybridized carbons (Fsp3) is 0.562. The molecule has 0 atom stereocenters. The van der Waals surface area contributed by atoms with E-state index in [-0.39, 0.29) is 0 Å². The Labute approximate surface area is 123 Å². The van der Waals surface area contributed by atoms with E-state index in [9.17, 15) is 0 Å². The minimum atomic E-state index is 0.396. The summed E-state index contributed by atoms with van der Waals surface area (Å²) in [5.74, 6) is 0.896. The Morgan fingerprint density at radius 1 is 1.20 bits per heavy atom. The minimum Gasteiger partial charge on any atom is -0.378 e. The molecule has 0 saturated heterocycles. The molecular weight excluding hydrogens is 248 g/mol. The van der Waals surface area contributed by atoms with E-state index in [1.54, 1.807) is 0 Å². The number of nitrogens with one attached hydrogen (secondary N) is 2. The summed E-state index contributed by atoms with van der Waals surface area (Å²) in [6, 6.07) is 9.04. The summed E-state index contributed by atoms with van der Waals surface area (Å²) in [6.45, 7) is 8.00. The average Bonchev–Trinajstić information content (AvgIpc) is 2.39. The van der Waals surface area contributed by atoms with Gasteiger partial charge in [-0.25, -0.2) is 0 Å². The van der Waals surface area contributed by atoms with Crippen LogP contribution in [0, 0.1) is 0 Å². The van der Waals surface area contributed by atoms with Gasteiger partial charge in [0, 0.05) is 38.9 Å². The first-order chi connectivity index (χ1) is 9.52. The van der Waals surface area contributed by atoms with Crippen molar-refractivity contribution in [2.45, 2.75) is 33.2 Å². The van der Waals surface area contributed by atoms with Gasteiger partial charge >= 0.3 is 0 Å². The van der Waals surface area contributed by atoms with Gasteiger partial charge in [0.1, 0.15) is 0 Å². The number of hydrogen-bond donors (Lipinski definition) is 2. The fourth-order valence-electron chi connectivity index (χ4n) is 1.85. The molecule has 0 heterocycles. The van der Waals surface area contributed by atoms with Gasteiger partial charge in [-0.05, 0) is 44.9 Å². The van der Waals surface area contributed by atoms with Crippen LogP contribution in [0.5, 0.6) is 0 Å². The van der Waals surface area contributed by atoms with E-state index in [2.05, 4.69) is 79.7 Å². The number of anilines is 1. The Balaban J connectivity index is 2.52. The van der Waals surface area contributed by atoms with E-state index in [4.69, 9.17) is 0 Å². The van der Waals surface area contributed by atoms with Crippen LogP contribution in [0.15, 0.2) is 29.3 Å².